The Morgan fingerprint density at radius 3 is 2.50 bits per heavy atom. The van der Waals surface area contributed by atoms with E-state index in [4.69, 9.17) is 0 Å². The molecular weight excluding hydrogens is 252 g/mol. The van der Waals surface area contributed by atoms with Crippen LogP contribution in [0.4, 0.5) is 11.6 Å². The zero-order chi connectivity index (χ0) is 14.4. The third-order valence-electron chi connectivity index (χ3n) is 3.15. The van der Waals surface area contributed by atoms with Gasteiger partial charge in [-0.3, -0.25) is 4.68 Å². The molecule has 2 aromatic rings. The summed E-state index contributed by atoms with van der Waals surface area (Å²) < 4.78 is 1.86. The molecule has 0 aliphatic carbocycles. The van der Waals surface area contributed by atoms with Crippen LogP contribution in [0.2, 0.25) is 0 Å². The highest BCUT2D eigenvalue weighted by Gasteiger charge is 2.10. The monoisotopic (exact) mass is 274 g/mol. The number of aryl methyl sites for hydroxylation is 1. The summed E-state index contributed by atoms with van der Waals surface area (Å²) in [4.78, 5) is 8.71. The normalized spacial score (nSPS) is 10.6. The fourth-order valence-corrected chi connectivity index (χ4v) is 2.12. The van der Waals surface area contributed by atoms with E-state index in [2.05, 4.69) is 39.5 Å². The van der Waals surface area contributed by atoms with Gasteiger partial charge in [-0.05, 0) is 19.4 Å². The van der Waals surface area contributed by atoms with Crippen LogP contribution in [-0.4, -0.2) is 26.3 Å². The summed E-state index contributed by atoms with van der Waals surface area (Å²) in [5.41, 5.74) is 2.27. The maximum absolute atomic E-state index is 4.38. The molecule has 108 valence electrons. The molecule has 6 nitrogen and oxygen atoms in total. The highest BCUT2D eigenvalue weighted by Crippen LogP contribution is 2.22. The van der Waals surface area contributed by atoms with Gasteiger partial charge in [0.1, 0.15) is 18.0 Å². The minimum absolute atomic E-state index is 0.704. The first kappa shape index (κ1) is 14.3. The molecule has 2 rings (SSSR count). The van der Waals surface area contributed by atoms with Crippen molar-refractivity contribution in [2.45, 2.75) is 33.2 Å². The predicted octanol–water partition coefficient (Wildman–Crippen LogP) is 2.21. The van der Waals surface area contributed by atoms with Gasteiger partial charge in [-0.25, -0.2) is 9.97 Å². The van der Waals surface area contributed by atoms with E-state index in [0.717, 1.165) is 42.3 Å². The topological polar surface area (TPSA) is 67.7 Å². The second-order valence-corrected chi connectivity index (χ2v) is 4.63. The largest absolute Gasteiger partial charge is 0.370 e. The quantitative estimate of drug-likeness (QED) is 0.810. The van der Waals surface area contributed by atoms with E-state index in [1.165, 1.54) is 0 Å². The minimum Gasteiger partial charge on any atom is -0.370 e. The van der Waals surface area contributed by atoms with Crippen LogP contribution in [0.5, 0.6) is 0 Å². The molecule has 6 heteroatoms. The fourth-order valence-electron chi connectivity index (χ4n) is 2.12. The number of hydrogen-bond acceptors (Lipinski definition) is 5. The van der Waals surface area contributed by atoms with Gasteiger partial charge in [0.05, 0.1) is 12.2 Å². The van der Waals surface area contributed by atoms with Crippen molar-refractivity contribution in [2.75, 3.05) is 17.2 Å². The molecule has 0 unspecified atom stereocenters. The lowest BCUT2D eigenvalue weighted by Gasteiger charge is -2.14. The van der Waals surface area contributed by atoms with Gasteiger partial charge in [0.2, 0.25) is 0 Å². The lowest BCUT2D eigenvalue weighted by Crippen LogP contribution is -2.11. The molecule has 0 radical (unpaired) electrons. The number of nitrogens with zero attached hydrogens (tertiary/aromatic N) is 4. The molecule has 0 aromatic carbocycles. The van der Waals surface area contributed by atoms with Crippen LogP contribution < -0.4 is 10.6 Å². The summed E-state index contributed by atoms with van der Waals surface area (Å²) >= 11 is 0. The second-order valence-electron chi connectivity index (χ2n) is 4.63. The van der Waals surface area contributed by atoms with E-state index >= 15 is 0 Å². The molecule has 0 atom stereocenters. The van der Waals surface area contributed by atoms with Crippen LogP contribution in [0.3, 0.4) is 0 Å². The average molecular weight is 274 g/mol. The van der Waals surface area contributed by atoms with E-state index in [1.54, 1.807) is 12.5 Å². The molecule has 0 aliphatic rings. The summed E-state index contributed by atoms with van der Waals surface area (Å²) in [6.07, 6.45) is 5.42. The first-order valence-corrected chi connectivity index (χ1v) is 7.04. The molecule has 0 saturated carbocycles. The maximum Gasteiger partial charge on any atom is 0.135 e. The van der Waals surface area contributed by atoms with Crippen LogP contribution in [0.1, 0.15) is 31.5 Å². The maximum atomic E-state index is 4.38. The van der Waals surface area contributed by atoms with Gasteiger partial charge >= 0.3 is 0 Å². The molecule has 2 N–H and O–H groups in total. The van der Waals surface area contributed by atoms with Crippen LogP contribution in [0.25, 0.3) is 0 Å². The first-order chi connectivity index (χ1) is 9.76. The Bertz CT molecular complexity index is 548. The van der Waals surface area contributed by atoms with Crippen LogP contribution in [-0.2, 0) is 20.0 Å². The van der Waals surface area contributed by atoms with Gasteiger partial charge in [0.25, 0.3) is 0 Å². The summed E-state index contributed by atoms with van der Waals surface area (Å²) in [7, 11) is 1.94. The van der Waals surface area contributed by atoms with E-state index in [-0.39, 0.29) is 0 Å². The Balaban J connectivity index is 2.17. The lowest BCUT2D eigenvalue weighted by atomic mass is 10.1. The Morgan fingerprint density at radius 1 is 1.15 bits per heavy atom. The Labute approximate surface area is 119 Å². The van der Waals surface area contributed by atoms with Crippen LogP contribution in [0.15, 0.2) is 18.6 Å². The first-order valence-electron chi connectivity index (χ1n) is 7.04. The number of rotatable bonds is 7. The molecule has 0 bridgehead atoms. The van der Waals surface area contributed by atoms with E-state index in [0.29, 0.717) is 6.54 Å². The summed E-state index contributed by atoms with van der Waals surface area (Å²) in [6, 6.07) is 2.00. The molecule has 0 aliphatic heterocycles. The smallest absolute Gasteiger partial charge is 0.135 e. The second kappa shape index (κ2) is 6.88. The third-order valence-corrected chi connectivity index (χ3v) is 3.15. The standard InChI is InChI=1S/C14H22N6/c1-4-6-12-13(15-5-2)17-10-18-14(12)16-9-11-7-8-19-20(11)3/h7-8,10H,4-6,9H2,1-3H3,(H2,15,16,17,18). The van der Waals surface area contributed by atoms with E-state index in [9.17, 15) is 0 Å². The average Bonchev–Trinajstić information content (AvgIpc) is 2.85. The van der Waals surface area contributed by atoms with Crippen molar-refractivity contribution < 1.29 is 0 Å². The molecule has 0 fully saturated rings. The molecule has 20 heavy (non-hydrogen) atoms. The van der Waals surface area contributed by atoms with Crippen molar-refractivity contribution in [3.05, 3.63) is 29.8 Å². The van der Waals surface area contributed by atoms with E-state index < -0.39 is 0 Å². The van der Waals surface area contributed by atoms with Gasteiger partial charge in [-0.2, -0.15) is 5.10 Å². The molecule has 0 amide bonds. The Morgan fingerprint density at radius 2 is 1.90 bits per heavy atom. The lowest BCUT2D eigenvalue weighted by molar-refractivity contribution is 0.719. The van der Waals surface area contributed by atoms with Crippen molar-refractivity contribution in [3.63, 3.8) is 0 Å². The van der Waals surface area contributed by atoms with Crippen LogP contribution >= 0.6 is 0 Å². The molecule has 2 heterocycles. The molecule has 2 aromatic heterocycles. The summed E-state index contributed by atoms with van der Waals surface area (Å²) in [6.45, 7) is 5.79. The SMILES string of the molecule is CCCc1c(NCC)ncnc1NCc1ccnn1C. The molecule has 0 spiro atoms. The Hall–Kier alpha value is -2.11. The number of aromatic nitrogens is 4. The van der Waals surface area contributed by atoms with Gasteiger partial charge in [-0.15, -0.1) is 0 Å². The summed E-state index contributed by atoms with van der Waals surface area (Å²) in [5.74, 6) is 1.83. The van der Waals surface area contributed by atoms with Gasteiger partial charge in [0.15, 0.2) is 0 Å². The van der Waals surface area contributed by atoms with Crippen molar-refractivity contribution in [3.8, 4) is 0 Å². The van der Waals surface area contributed by atoms with Crippen molar-refractivity contribution >= 4 is 11.6 Å². The van der Waals surface area contributed by atoms with Gasteiger partial charge in [0, 0.05) is 25.4 Å². The minimum atomic E-state index is 0.704. The van der Waals surface area contributed by atoms with Gasteiger partial charge < -0.3 is 10.6 Å². The number of nitrogens with one attached hydrogen (secondary N) is 2. The number of hydrogen-bond donors (Lipinski definition) is 2. The van der Waals surface area contributed by atoms with Crippen LogP contribution in [0, 0.1) is 0 Å². The fraction of sp³-hybridized carbons (Fsp3) is 0.500. The van der Waals surface area contributed by atoms with Crippen molar-refractivity contribution in [1.29, 1.82) is 0 Å². The molecule has 0 saturated heterocycles. The zero-order valence-corrected chi connectivity index (χ0v) is 12.3. The zero-order valence-electron chi connectivity index (χ0n) is 12.3. The summed E-state index contributed by atoms with van der Waals surface area (Å²) in [5, 5.41) is 10.9. The van der Waals surface area contributed by atoms with Crippen molar-refractivity contribution in [2.24, 2.45) is 7.05 Å². The highest BCUT2D eigenvalue weighted by atomic mass is 15.3. The van der Waals surface area contributed by atoms with Crippen molar-refractivity contribution in [1.82, 2.24) is 19.7 Å². The Kier molecular flexibility index (Phi) is 4.92. The third kappa shape index (κ3) is 3.26. The molecular formula is C14H22N6. The predicted molar refractivity (Wildman–Crippen MR) is 80.7 cm³/mol. The highest BCUT2D eigenvalue weighted by molar-refractivity contribution is 5.57. The van der Waals surface area contributed by atoms with Gasteiger partial charge in [-0.1, -0.05) is 13.3 Å². The number of anilines is 2. The van der Waals surface area contributed by atoms with E-state index in [1.807, 2.05) is 17.8 Å².